The molecule has 19 heavy (non-hydrogen) atoms. The first-order valence-electron chi connectivity index (χ1n) is 5.61. The minimum Gasteiger partial charge on any atom is -0.268 e. The number of thiophene rings is 1. The summed E-state index contributed by atoms with van der Waals surface area (Å²) in [5.74, 6) is -0.0487. The zero-order chi connectivity index (χ0) is 13.2. The highest BCUT2D eigenvalue weighted by Crippen LogP contribution is 2.35. The summed E-state index contributed by atoms with van der Waals surface area (Å²) in [6, 6.07) is 11.5. The Hall–Kier alpha value is -1.43. The number of amides is 1. The number of hydrogen-bond donors (Lipinski definition) is 0. The molecule has 5 heteroatoms. The summed E-state index contributed by atoms with van der Waals surface area (Å²) in [5, 5.41) is 4.00. The molecule has 0 saturated carbocycles. The number of thiocarbonyl (C=S) groups is 1. The van der Waals surface area contributed by atoms with Crippen LogP contribution in [-0.2, 0) is 4.79 Å². The predicted octanol–water partition coefficient (Wildman–Crippen LogP) is 4.15. The predicted molar refractivity (Wildman–Crippen MR) is 86.4 cm³/mol. The van der Waals surface area contributed by atoms with E-state index in [1.54, 1.807) is 16.2 Å². The Morgan fingerprint density at radius 1 is 1.16 bits per heavy atom. The van der Waals surface area contributed by atoms with E-state index in [2.05, 4.69) is 0 Å². The first-order valence-corrected chi connectivity index (χ1v) is 7.77. The third-order valence-electron chi connectivity index (χ3n) is 2.65. The molecule has 0 N–H and O–H groups in total. The topological polar surface area (TPSA) is 20.3 Å². The highest BCUT2D eigenvalue weighted by Gasteiger charge is 2.33. The normalized spacial score (nSPS) is 17.5. The summed E-state index contributed by atoms with van der Waals surface area (Å²) in [7, 11) is 0. The zero-order valence-corrected chi connectivity index (χ0v) is 12.2. The van der Waals surface area contributed by atoms with Gasteiger partial charge in [-0.05, 0) is 40.6 Å². The Morgan fingerprint density at radius 2 is 1.95 bits per heavy atom. The smallest absolute Gasteiger partial charge is 0.268 e. The highest BCUT2D eigenvalue weighted by molar-refractivity contribution is 8.27. The van der Waals surface area contributed by atoms with Crippen LogP contribution in [-0.4, -0.2) is 10.2 Å². The lowest BCUT2D eigenvalue weighted by atomic mass is 10.2. The van der Waals surface area contributed by atoms with E-state index in [9.17, 15) is 4.79 Å². The van der Waals surface area contributed by atoms with Crippen LogP contribution in [0.1, 0.15) is 5.56 Å². The van der Waals surface area contributed by atoms with E-state index >= 15 is 0 Å². The van der Waals surface area contributed by atoms with Crippen molar-refractivity contribution in [1.82, 2.24) is 0 Å². The molecule has 0 bridgehead atoms. The second kappa shape index (κ2) is 5.28. The summed E-state index contributed by atoms with van der Waals surface area (Å²) in [6.45, 7) is 0. The second-order valence-electron chi connectivity index (χ2n) is 3.91. The fraction of sp³-hybridized carbons (Fsp3) is 0. The second-order valence-corrected chi connectivity index (χ2v) is 6.37. The molecule has 94 valence electrons. The van der Waals surface area contributed by atoms with Gasteiger partial charge in [0.05, 0.1) is 10.6 Å². The van der Waals surface area contributed by atoms with Gasteiger partial charge in [0.25, 0.3) is 5.91 Å². The number of para-hydroxylation sites is 1. The van der Waals surface area contributed by atoms with Crippen molar-refractivity contribution < 1.29 is 4.79 Å². The van der Waals surface area contributed by atoms with Gasteiger partial charge in [-0.25, -0.2) is 0 Å². The third kappa shape index (κ3) is 2.49. The SMILES string of the molecule is O=C1/C(=C/c2ccsc2)SC(=S)N1c1ccccc1. The Balaban J connectivity index is 1.94. The molecule has 1 aliphatic rings. The standard InChI is InChI=1S/C14H9NOS3/c16-13-12(8-10-6-7-18-9-10)19-14(17)15(13)11-4-2-1-3-5-11/h1-9H/b12-8-. The minimum absolute atomic E-state index is 0.0487. The highest BCUT2D eigenvalue weighted by atomic mass is 32.2. The number of thioether (sulfide) groups is 1. The lowest BCUT2D eigenvalue weighted by Gasteiger charge is -2.13. The van der Waals surface area contributed by atoms with Gasteiger partial charge in [0.15, 0.2) is 4.32 Å². The average molecular weight is 303 g/mol. The molecule has 3 rings (SSSR count). The molecule has 2 aromatic rings. The third-order valence-corrected chi connectivity index (χ3v) is 4.65. The molecular formula is C14H9NOS3. The van der Waals surface area contributed by atoms with Gasteiger partial charge in [-0.3, -0.25) is 9.69 Å². The first-order chi connectivity index (χ1) is 9.25. The lowest BCUT2D eigenvalue weighted by Crippen LogP contribution is -2.27. The van der Waals surface area contributed by atoms with E-state index in [0.29, 0.717) is 9.23 Å². The number of rotatable bonds is 2. The van der Waals surface area contributed by atoms with Gasteiger partial charge >= 0.3 is 0 Å². The van der Waals surface area contributed by atoms with Crippen molar-refractivity contribution in [1.29, 1.82) is 0 Å². The van der Waals surface area contributed by atoms with Crippen molar-refractivity contribution in [2.75, 3.05) is 4.90 Å². The molecule has 0 aliphatic carbocycles. The summed E-state index contributed by atoms with van der Waals surface area (Å²) in [5.41, 5.74) is 1.86. The molecule has 1 aliphatic heterocycles. The average Bonchev–Trinajstić information content (AvgIpc) is 3.01. The van der Waals surface area contributed by atoms with Crippen LogP contribution in [0, 0.1) is 0 Å². The maximum atomic E-state index is 12.4. The molecule has 1 saturated heterocycles. The number of anilines is 1. The van der Waals surface area contributed by atoms with Crippen molar-refractivity contribution in [3.8, 4) is 0 Å². The molecule has 1 aromatic heterocycles. The van der Waals surface area contributed by atoms with Crippen LogP contribution in [0.3, 0.4) is 0 Å². The fourth-order valence-corrected chi connectivity index (χ4v) is 3.69. The number of benzene rings is 1. The fourth-order valence-electron chi connectivity index (χ4n) is 1.78. The van der Waals surface area contributed by atoms with E-state index in [-0.39, 0.29) is 5.91 Å². The first kappa shape index (κ1) is 12.6. The molecule has 2 nitrogen and oxygen atoms in total. The maximum Gasteiger partial charge on any atom is 0.270 e. The number of nitrogens with zero attached hydrogens (tertiary/aromatic N) is 1. The zero-order valence-electron chi connectivity index (χ0n) is 9.78. The van der Waals surface area contributed by atoms with Gasteiger partial charge < -0.3 is 0 Å². The van der Waals surface area contributed by atoms with Gasteiger partial charge in [0, 0.05) is 0 Å². The van der Waals surface area contributed by atoms with Crippen LogP contribution in [0.25, 0.3) is 6.08 Å². The minimum atomic E-state index is -0.0487. The lowest BCUT2D eigenvalue weighted by molar-refractivity contribution is -0.113. The molecule has 0 radical (unpaired) electrons. The molecule has 0 spiro atoms. The summed E-state index contributed by atoms with van der Waals surface area (Å²) < 4.78 is 0.581. The molecular weight excluding hydrogens is 294 g/mol. The number of carbonyl (C=O) groups is 1. The van der Waals surface area contributed by atoms with Gasteiger partial charge in [0.1, 0.15) is 0 Å². The van der Waals surface area contributed by atoms with Crippen molar-refractivity contribution in [3.05, 3.63) is 57.6 Å². The molecule has 1 amide bonds. The van der Waals surface area contributed by atoms with Gasteiger partial charge in [-0.15, -0.1) is 0 Å². The Bertz CT molecular complexity index is 647. The quantitative estimate of drug-likeness (QED) is 0.614. The maximum absolute atomic E-state index is 12.4. The number of hydrogen-bond acceptors (Lipinski definition) is 4. The van der Waals surface area contributed by atoms with Gasteiger partial charge in [-0.1, -0.05) is 42.2 Å². The van der Waals surface area contributed by atoms with E-state index in [0.717, 1.165) is 11.3 Å². The van der Waals surface area contributed by atoms with Crippen LogP contribution in [0.4, 0.5) is 5.69 Å². The van der Waals surface area contributed by atoms with Crippen molar-refractivity contribution in [2.45, 2.75) is 0 Å². The largest absolute Gasteiger partial charge is 0.270 e. The Labute approximate surface area is 124 Å². The van der Waals surface area contributed by atoms with E-state index in [1.807, 2.05) is 53.2 Å². The molecule has 1 aromatic carbocycles. The van der Waals surface area contributed by atoms with E-state index in [4.69, 9.17) is 12.2 Å². The van der Waals surface area contributed by atoms with Crippen molar-refractivity contribution in [2.24, 2.45) is 0 Å². The monoisotopic (exact) mass is 303 g/mol. The summed E-state index contributed by atoms with van der Waals surface area (Å²) >= 11 is 8.26. The molecule has 1 fully saturated rings. The van der Waals surface area contributed by atoms with Crippen LogP contribution in [0.15, 0.2) is 52.1 Å². The Kier molecular flexibility index (Phi) is 3.50. The van der Waals surface area contributed by atoms with E-state index < -0.39 is 0 Å². The Morgan fingerprint density at radius 3 is 2.63 bits per heavy atom. The van der Waals surface area contributed by atoms with Crippen LogP contribution in [0.2, 0.25) is 0 Å². The van der Waals surface area contributed by atoms with E-state index in [1.165, 1.54) is 11.8 Å². The number of carbonyl (C=O) groups excluding carboxylic acids is 1. The van der Waals surface area contributed by atoms with Crippen LogP contribution < -0.4 is 4.90 Å². The summed E-state index contributed by atoms with van der Waals surface area (Å²) in [6.07, 6.45) is 1.89. The molecule has 2 heterocycles. The van der Waals surface area contributed by atoms with Crippen molar-refractivity contribution in [3.63, 3.8) is 0 Å². The van der Waals surface area contributed by atoms with Gasteiger partial charge in [-0.2, -0.15) is 11.3 Å². The van der Waals surface area contributed by atoms with Gasteiger partial charge in [0.2, 0.25) is 0 Å². The van der Waals surface area contributed by atoms with Crippen LogP contribution >= 0.6 is 35.3 Å². The summed E-state index contributed by atoms with van der Waals surface area (Å²) in [4.78, 5) is 14.7. The van der Waals surface area contributed by atoms with Crippen LogP contribution in [0.5, 0.6) is 0 Å². The molecule has 0 unspecified atom stereocenters. The molecule has 0 atom stereocenters. The van der Waals surface area contributed by atoms with Crippen molar-refractivity contribution >= 4 is 57.3 Å².